The Morgan fingerprint density at radius 2 is 1.60 bits per heavy atom. The summed E-state index contributed by atoms with van der Waals surface area (Å²) in [6, 6.07) is 0. The maximum absolute atomic E-state index is 6.67. The van der Waals surface area contributed by atoms with Gasteiger partial charge >= 0.3 is 0 Å². The molecule has 0 N–H and O–H groups in total. The molecular formula is C17H34O2Si. The lowest BCUT2D eigenvalue weighted by Gasteiger charge is -2.43. The molecule has 1 heterocycles. The van der Waals surface area contributed by atoms with Gasteiger partial charge in [0.2, 0.25) is 0 Å². The van der Waals surface area contributed by atoms with Crippen molar-refractivity contribution in [1.82, 2.24) is 0 Å². The van der Waals surface area contributed by atoms with Crippen molar-refractivity contribution < 1.29 is 9.16 Å². The van der Waals surface area contributed by atoms with E-state index < -0.39 is 8.32 Å². The third kappa shape index (κ3) is 3.37. The van der Waals surface area contributed by atoms with Gasteiger partial charge in [0.05, 0.1) is 12.7 Å². The summed E-state index contributed by atoms with van der Waals surface area (Å²) in [5, 5.41) is 0. The van der Waals surface area contributed by atoms with E-state index in [1.807, 2.05) is 0 Å². The van der Waals surface area contributed by atoms with E-state index in [-0.39, 0.29) is 11.7 Å². The van der Waals surface area contributed by atoms with Crippen molar-refractivity contribution in [2.24, 2.45) is 0 Å². The largest absolute Gasteiger partial charge is 0.413 e. The van der Waals surface area contributed by atoms with Crippen LogP contribution in [0.25, 0.3) is 0 Å². The van der Waals surface area contributed by atoms with E-state index in [2.05, 4.69) is 68.4 Å². The Kier molecular flexibility index (Phi) is 5.67. The van der Waals surface area contributed by atoms with Crippen LogP contribution in [0.5, 0.6) is 0 Å². The average molecular weight is 299 g/mol. The fourth-order valence-electron chi connectivity index (χ4n) is 3.97. The van der Waals surface area contributed by atoms with Gasteiger partial charge in [-0.05, 0) is 49.0 Å². The summed E-state index contributed by atoms with van der Waals surface area (Å²) in [5.74, 6) is 0. The predicted octanol–water partition coefficient (Wildman–Crippen LogP) is 5.30. The fourth-order valence-corrected chi connectivity index (χ4v) is 9.51. The lowest BCUT2D eigenvalue weighted by atomic mass is 10.1. The Morgan fingerprint density at radius 3 is 1.90 bits per heavy atom. The maximum atomic E-state index is 6.67. The number of hydrogen-bond donors (Lipinski definition) is 0. The van der Waals surface area contributed by atoms with E-state index >= 15 is 0 Å². The lowest BCUT2D eigenvalue weighted by molar-refractivity contribution is -0.0370. The predicted molar refractivity (Wildman–Crippen MR) is 89.7 cm³/mol. The Labute approximate surface area is 127 Å². The van der Waals surface area contributed by atoms with Crippen molar-refractivity contribution in [2.45, 2.75) is 90.6 Å². The molecule has 20 heavy (non-hydrogen) atoms. The van der Waals surface area contributed by atoms with E-state index in [4.69, 9.17) is 9.16 Å². The highest BCUT2D eigenvalue weighted by molar-refractivity contribution is 6.77. The van der Waals surface area contributed by atoms with E-state index in [0.717, 1.165) is 0 Å². The summed E-state index contributed by atoms with van der Waals surface area (Å²) in [7, 11) is -1.80. The van der Waals surface area contributed by atoms with Gasteiger partial charge < -0.3 is 9.16 Å². The van der Waals surface area contributed by atoms with E-state index in [1.165, 1.54) is 5.57 Å². The van der Waals surface area contributed by atoms with Crippen LogP contribution in [0.3, 0.4) is 0 Å². The van der Waals surface area contributed by atoms with E-state index in [9.17, 15) is 0 Å². The van der Waals surface area contributed by atoms with Crippen molar-refractivity contribution in [2.75, 3.05) is 6.61 Å². The molecule has 118 valence electrons. The maximum Gasteiger partial charge on any atom is 0.200 e. The molecule has 0 fully saturated rings. The van der Waals surface area contributed by atoms with Crippen LogP contribution in [0, 0.1) is 0 Å². The van der Waals surface area contributed by atoms with Crippen LogP contribution < -0.4 is 0 Å². The highest BCUT2D eigenvalue weighted by atomic mass is 28.4. The van der Waals surface area contributed by atoms with Crippen LogP contribution >= 0.6 is 0 Å². The molecule has 0 aromatic carbocycles. The minimum Gasteiger partial charge on any atom is -0.413 e. The number of hydrogen-bond acceptors (Lipinski definition) is 2. The highest BCUT2D eigenvalue weighted by Gasteiger charge is 2.46. The molecular weight excluding hydrogens is 264 g/mol. The molecule has 2 atom stereocenters. The van der Waals surface area contributed by atoms with Crippen molar-refractivity contribution in [3.63, 3.8) is 0 Å². The first kappa shape index (κ1) is 17.9. The van der Waals surface area contributed by atoms with Crippen molar-refractivity contribution >= 4 is 8.32 Å². The Hall–Kier alpha value is -0.123. The van der Waals surface area contributed by atoms with Gasteiger partial charge in [0.25, 0.3) is 0 Å². The molecule has 1 aliphatic rings. The molecule has 0 aromatic heterocycles. The van der Waals surface area contributed by atoms with Crippen LogP contribution in [-0.4, -0.2) is 26.6 Å². The number of ether oxygens (including phenoxy) is 1. The summed E-state index contributed by atoms with van der Waals surface area (Å²) in [6.07, 6.45) is 2.47. The Balaban J connectivity index is 2.88. The molecule has 0 bridgehead atoms. The number of rotatable bonds is 6. The van der Waals surface area contributed by atoms with E-state index in [0.29, 0.717) is 23.2 Å². The zero-order valence-electron chi connectivity index (χ0n) is 14.9. The molecule has 0 aliphatic carbocycles. The second-order valence-corrected chi connectivity index (χ2v) is 13.0. The molecule has 0 amide bonds. The van der Waals surface area contributed by atoms with Gasteiger partial charge in [0.15, 0.2) is 8.32 Å². The first-order valence-electron chi connectivity index (χ1n) is 8.06. The molecule has 3 heteroatoms. The van der Waals surface area contributed by atoms with Crippen LogP contribution in [0.1, 0.15) is 62.3 Å². The normalized spacial score (nSPS) is 27.8. The monoisotopic (exact) mass is 298 g/mol. The SMILES string of the molecule is CC1=C[C@@](C)(CO[Si](C(C)C)(C(C)C)C(C)C)O[C@H]1C. The topological polar surface area (TPSA) is 18.5 Å². The summed E-state index contributed by atoms with van der Waals surface area (Å²) < 4.78 is 12.8. The summed E-state index contributed by atoms with van der Waals surface area (Å²) in [4.78, 5) is 0. The third-order valence-corrected chi connectivity index (χ3v) is 11.0. The van der Waals surface area contributed by atoms with Crippen molar-refractivity contribution in [3.05, 3.63) is 11.6 Å². The average Bonchev–Trinajstić information content (AvgIpc) is 2.52. The van der Waals surface area contributed by atoms with Crippen LogP contribution in [-0.2, 0) is 9.16 Å². The van der Waals surface area contributed by atoms with Crippen LogP contribution in [0.4, 0.5) is 0 Å². The van der Waals surface area contributed by atoms with Crippen LogP contribution in [0.15, 0.2) is 11.6 Å². The first-order chi connectivity index (χ1) is 9.05. The molecule has 0 spiro atoms. The molecule has 0 saturated carbocycles. The summed E-state index contributed by atoms with van der Waals surface area (Å²) in [6.45, 7) is 21.1. The molecule has 1 rings (SSSR count). The second kappa shape index (κ2) is 6.33. The minimum atomic E-state index is -1.80. The van der Waals surface area contributed by atoms with Gasteiger partial charge in [0, 0.05) is 0 Å². The molecule has 0 saturated heterocycles. The molecule has 0 aromatic rings. The quantitative estimate of drug-likeness (QED) is 0.489. The highest BCUT2D eigenvalue weighted by Crippen LogP contribution is 2.43. The minimum absolute atomic E-state index is 0.219. The second-order valence-electron chi connectivity index (χ2n) is 7.57. The van der Waals surface area contributed by atoms with Gasteiger partial charge in [-0.2, -0.15) is 0 Å². The van der Waals surface area contributed by atoms with E-state index in [1.54, 1.807) is 0 Å². The Morgan fingerprint density at radius 1 is 1.15 bits per heavy atom. The zero-order valence-corrected chi connectivity index (χ0v) is 15.9. The molecule has 0 radical (unpaired) electrons. The van der Waals surface area contributed by atoms with Gasteiger partial charge in [-0.3, -0.25) is 0 Å². The summed E-state index contributed by atoms with van der Waals surface area (Å²) >= 11 is 0. The lowest BCUT2D eigenvalue weighted by Crippen LogP contribution is -2.50. The van der Waals surface area contributed by atoms with Crippen molar-refractivity contribution in [1.29, 1.82) is 0 Å². The van der Waals surface area contributed by atoms with Crippen molar-refractivity contribution in [3.8, 4) is 0 Å². The molecule has 0 unspecified atom stereocenters. The Bertz CT molecular complexity index is 338. The zero-order chi connectivity index (χ0) is 15.7. The van der Waals surface area contributed by atoms with Gasteiger partial charge in [-0.25, -0.2) is 0 Å². The smallest absolute Gasteiger partial charge is 0.200 e. The molecule has 1 aliphatic heterocycles. The van der Waals surface area contributed by atoms with Gasteiger partial charge in [-0.15, -0.1) is 0 Å². The standard InChI is InChI=1S/C17H34O2Si/c1-12(2)20(13(3)4,14(5)6)18-11-17(9)10-15(7)16(8)19-17/h10,12-14,16H,11H2,1-9H3/t16-,17-/m0/s1. The van der Waals surface area contributed by atoms with Gasteiger partial charge in [-0.1, -0.05) is 41.5 Å². The first-order valence-corrected chi connectivity index (χ1v) is 10.2. The summed E-state index contributed by atoms with van der Waals surface area (Å²) in [5.41, 5.74) is 2.93. The van der Waals surface area contributed by atoms with Gasteiger partial charge in [0.1, 0.15) is 5.60 Å². The molecule has 2 nitrogen and oxygen atoms in total. The van der Waals surface area contributed by atoms with Crippen LogP contribution in [0.2, 0.25) is 16.6 Å². The fraction of sp³-hybridized carbons (Fsp3) is 0.882. The third-order valence-electron chi connectivity index (χ3n) is 4.94.